The molecule has 0 spiro atoms. The van der Waals surface area contributed by atoms with Gasteiger partial charge < -0.3 is 9.88 Å². The first-order chi connectivity index (χ1) is 12.9. The zero-order valence-corrected chi connectivity index (χ0v) is 14.0. The molecule has 3 aromatic rings. The summed E-state index contributed by atoms with van der Waals surface area (Å²) in [6.07, 6.45) is -3.09. The molecule has 2 aromatic carbocycles. The number of anilines is 1. The summed E-state index contributed by atoms with van der Waals surface area (Å²) >= 11 is 0. The number of hydrogen-bond acceptors (Lipinski definition) is 2. The Hall–Kier alpha value is -3.35. The maximum absolute atomic E-state index is 13.1. The molecule has 0 fully saturated rings. The highest BCUT2D eigenvalue weighted by Crippen LogP contribution is 2.34. The van der Waals surface area contributed by atoms with Gasteiger partial charge in [0, 0.05) is 6.20 Å². The Kier molecular flexibility index (Phi) is 5.12. The molecule has 1 heterocycles. The summed E-state index contributed by atoms with van der Waals surface area (Å²) in [7, 11) is 0. The topological polar surface area (TPSA) is 51.1 Å². The minimum atomic E-state index is -4.62. The average Bonchev–Trinajstić information content (AvgIpc) is 2.64. The fourth-order valence-electron chi connectivity index (χ4n) is 2.64. The number of aromatic nitrogens is 1. The average molecular weight is 372 g/mol. The molecule has 27 heavy (non-hydrogen) atoms. The number of nitrogens with zero attached hydrogens (tertiary/aromatic N) is 1. The van der Waals surface area contributed by atoms with E-state index in [4.69, 9.17) is 0 Å². The summed E-state index contributed by atoms with van der Waals surface area (Å²) in [4.78, 5) is 25.0. The van der Waals surface area contributed by atoms with Gasteiger partial charge in [-0.15, -0.1) is 0 Å². The van der Waals surface area contributed by atoms with Gasteiger partial charge in [-0.1, -0.05) is 42.5 Å². The van der Waals surface area contributed by atoms with E-state index in [9.17, 15) is 22.8 Å². The number of alkyl halides is 3. The fourth-order valence-corrected chi connectivity index (χ4v) is 2.64. The van der Waals surface area contributed by atoms with E-state index in [1.54, 1.807) is 0 Å². The molecule has 138 valence electrons. The summed E-state index contributed by atoms with van der Waals surface area (Å²) in [6, 6.07) is 16.6. The molecule has 0 radical (unpaired) electrons. The number of benzene rings is 2. The second kappa shape index (κ2) is 7.49. The Morgan fingerprint density at radius 3 is 2.30 bits per heavy atom. The summed E-state index contributed by atoms with van der Waals surface area (Å²) in [6.45, 7) is 0.250. The number of rotatable bonds is 4. The Bertz CT molecular complexity index is 1010. The van der Waals surface area contributed by atoms with E-state index in [-0.39, 0.29) is 12.1 Å². The number of carbonyl (C=O) groups is 1. The molecule has 0 aliphatic rings. The van der Waals surface area contributed by atoms with Gasteiger partial charge in [0.15, 0.2) is 0 Å². The molecule has 0 aliphatic heterocycles. The molecule has 0 unspecified atom stereocenters. The zero-order valence-electron chi connectivity index (χ0n) is 14.0. The molecule has 3 rings (SSSR count). The number of carbonyl (C=O) groups excluding carboxylic acids is 1. The molecule has 0 aliphatic carbocycles. The predicted octanol–water partition coefficient (Wildman–Crippen LogP) is 4.17. The Balaban J connectivity index is 1.89. The van der Waals surface area contributed by atoms with Crippen LogP contribution in [0, 0.1) is 0 Å². The molecule has 1 N–H and O–H groups in total. The number of para-hydroxylation sites is 1. The molecule has 0 atom stereocenters. The molecular formula is C20H15F3N2O2. The lowest BCUT2D eigenvalue weighted by Gasteiger charge is -2.14. The van der Waals surface area contributed by atoms with Crippen LogP contribution in [-0.4, -0.2) is 10.5 Å². The van der Waals surface area contributed by atoms with Crippen molar-refractivity contribution in [2.24, 2.45) is 0 Å². The second-order valence-corrected chi connectivity index (χ2v) is 5.84. The van der Waals surface area contributed by atoms with E-state index in [2.05, 4.69) is 5.32 Å². The van der Waals surface area contributed by atoms with Crippen molar-refractivity contribution in [2.75, 3.05) is 5.32 Å². The maximum atomic E-state index is 13.1. The molecule has 7 heteroatoms. The van der Waals surface area contributed by atoms with Gasteiger partial charge in [0.05, 0.1) is 17.8 Å². The molecule has 0 bridgehead atoms. The number of pyridine rings is 1. The highest BCUT2D eigenvalue weighted by Gasteiger charge is 2.33. The zero-order chi connectivity index (χ0) is 19.4. The van der Waals surface area contributed by atoms with E-state index in [0.717, 1.165) is 17.7 Å². The first kappa shape index (κ1) is 18.4. The second-order valence-electron chi connectivity index (χ2n) is 5.84. The molecule has 4 nitrogen and oxygen atoms in total. The number of nitrogens with one attached hydrogen (secondary N) is 1. The van der Waals surface area contributed by atoms with E-state index in [0.29, 0.717) is 0 Å². The quantitative estimate of drug-likeness (QED) is 0.747. The van der Waals surface area contributed by atoms with Crippen LogP contribution in [0.5, 0.6) is 0 Å². The molecular weight excluding hydrogens is 357 g/mol. The van der Waals surface area contributed by atoms with Crippen LogP contribution in [0.25, 0.3) is 0 Å². The minimum absolute atomic E-state index is 0.231. The summed E-state index contributed by atoms with van der Waals surface area (Å²) in [5.41, 5.74) is -1.32. The third-order valence-corrected chi connectivity index (χ3v) is 3.94. The number of hydrogen-bond donors (Lipinski definition) is 1. The van der Waals surface area contributed by atoms with Crippen molar-refractivity contribution in [1.82, 2.24) is 4.57 Å². The van der Waals surface area contributed by atoms with Gasteiger partial charge in [-0.25, -0.2) is 0 Å². The van der Waals surface area contributed by atoms with Gasteiger partial charge in [0.25, 0.3) is 11.5 Å². The van der Waals surface area contributed by atoms with Crippen molar-refractivity contribution in [2.45, 2.75) is 12.7 Å². The SMILES string of the molecule is O=C(Nc1ccccc1C(F)(F)F)c1cccn(Cc2ccccc2)c1=O. The number of halogens is 3. The lowest BCUT2D eigenvalue weighted by Crippen LogP contribution is -2.29. The molecule has 0 saturated heterocycles. The lowest BCUT2D eigenvalue weighted by molar-refractivity contribution is -0.136. The predicted molar refractivity (Wildman–Crippen MR) is 95.6 cm³/mol. The van der Waals surface area contributed by atoms with Crippen LogP contribution in [-0.2, 0) is 12.7 Å². The van der Waals surface area contributed by atoms with Gasteiger partial charge in [-0.2, -0.15) is 13.2 Å². The van der Waals surface area contributed by atoms with Gasteiger partial charge >= 0.3 is 6.18 Å². The van der Waals surface area contributed by atoms with E-state index >= 15 is 0 Å². The Morgan fingerprint density at radius 2 is 1.59 bits per heavy atom. The van der Waals surface area contributed by atoms with E-state index in [1.807, 2.05) is 30.3 Å². The van der Waals surface area contributed by atoms with Crippen LogP contribution >= 0.6 is 0 Å². The van der Waals surface area contributed by atoms with Crippen LogP contribution in [0.1, 0.15) is 21.5 Å². The molecule has 0 saturated carbocycles. The van der Waals surface area contributed by atoms with Crippen molar-refractivity contribution >= 4 is 11.6 Å². The van der Waals surface area contributed by atoms with Gasteiger partial charge in [-0.3, -0.25) is 9.59 Å². The van der Waals surface area contributed by atoms with Crippen molar-refractivity contribution in [1.29, 1.82) is 0 Å². The Morgan fingerprint density at radius 1 is 0.926 bits per heavy atom. The molecule has 1 aromatic heterocycles. The molecule has 1 amide bonds. The lowest BCUT2D eigenvalue weighted by atomic mass is 10.1. The first-order valence-corrected chi connectivity index (χ1v) is 8.07. The largest absolute Gasteiger partial charge is 0.418 e. The van der Waals surface area contributed by atoms with Gasteiger partial charge in [0.2, 0.25) is 0 Å². The van der Waals surface area contributed by atoms with Crippen molar-refractivity contribution < 1.29 is 18.0 Å². The van der Waals surface area contributed by atoms with Gasteiger partial charge in [-0.05, 0) is 29.8 Å². The summed E-state index contributed by atoms with van der Waals surface area (Å²) in [5.74, 6) is -0.890. The highest BCUT2D eigenvalue weighted by atomic mass is 19.4. The van der Waals surface area contributed by atoms with Gasteiger partial charge in [0.1, 0.15) is 5.56 Å². The first-order valence-electron chi connectivity index (χ1n) is 8.07. The Labute approximate surface area is 152 Å². The van der Waals surface area contributed by atoms with Crippen LogP contribution in [0.2, 0.25) is 0 Å². The summed E-state index contributed by atoms with van der Waals surface area (Å²) < 4.78 is 40.5. The fraction of sp³-hybridized carbons (Fsp3) is 0.100. The third-order valence-electron chi connectivity index (χ3n) is 3.94. The van der Waals surface area contributed by atoms with Crippen LogP contribution in [0.3, 0.4) is 0 Å². The van der Waals surface area contributed by atoms with Crippen molar-refractivity contribution in [3.63, 3.8) is 0 Å². The summed E-state index contributed by atoms with van der Waals surface area (Å²) in [5, 5.41) is 2.19. The smallest absolute Gasteiger partial charge is 0.321 e. The van der Waals surface area contributed by atoms with Crippen LogP contribution in [0.4, 0.5) is 18.9 Å². The minimum Gasteiger partial charge on any atom is -0.321 e. The number of amides is 1. The standard InChI is InChI=1S/C20H15F3N2O2/c21-20(22,23)16-10-4-5-11-17(16)24-18(26)15-9-6-12-25(19(15)27)13-14-7-2-1-3-8-14/h1-12H,13H2,(H,24,26). The van der Waals surface area contributed by atoms with Crippen molar-refractivity contribution in [3.05, 3.63) is 100.0 Å². The third kappa shape index (κ3) is 4.25. The van der Waals surface area contributed by atoms with Crippen LogP contribution < -0.4 is 10.9 Å². The van der Waals surface area contributed by atoms with Crippen molar-refractivity contribution in [3.8, 4) is 0 Å². The maximum Gasteiger partial charge on any atom is 0.418 e. The van der Waals surface area contributed by atoms with E-state index in [1.165, 1.54) is 35.0 Å². The normalized spacial score (nSPS) is 11.2. The monoisotopic (exact) mass is 372 g/mol. The van der Waals surface area contributed by atoms with E-state index < -0.39 is 28.9 Å². The van der Waals surface area contributed by atoms with Crippen LogP contribution in [0.15, 0.2) is 77.7 Å². The highest BCUT2D eigenvalue weighted by molar-refractivity contribution is 6.04.